The van der Waals surface area contributed by atoms with E-state index in [0.717, 1.165) is 17.9 Å². The summed E-state index contributed by atoms with van der Waals surface area (Å²) in [5, 5.41) is 4.60. The molecule has 0 bridgehead atoms. The Hall–Kier alpha value is -1.76. The number of nitrogens with zero attached hydrogens (tertiary/aromatic N) is 3. The monoisotopic (exact) mass is 245 g/mol. The summed E-state index contributed by atoms with van der Waals surface area (Å²) >= 11 is 0. The molecular formula is C14H19N3O. The minimum absolute atomic E-state index is 0.0441. The zero-order valence-electron chi connectivity index (χ0n) is 11.4. The Morgan fingerprint density at radius 3 is 2.72 bits per heavy atom. The maximum atomic E-state index is 11.7. The molecule has 0 N–H and O–H groups in total. The molecule has 0 saturated carbocycles. The summed E-state index contributed by atoms with van der Waals surface area (Å²) in [5.41, 5.74) is 2.22. The van der Waals surface area contributed by atoms with Crippen molar-refractivity contribution in [2.24, 2.45) is 0 Å². The Morgan fingerprint density at radius 2 is 2.11 bits per heavy atom. The summed E-state index contributed by atoms with van der Waals surface area (Å²) in [6.45, 7) is 10.2. The van der Waals surface area contributed by atoms with Gasteiger partial charge < -0.3 is 4.90 Å². The number of fused-ring (bicyclic) bond motifs is 1. The van der Waals surface area contributed by atoms with Crippen LogP contribution in [0, 0.1) is 11.8 Å². The molecule has 0 fully saturated rings. The Bertz CT molecular complexity index is 525. The van der Waals surface area contributed by atoms with Crippen molar-refractivity contribution in [2.45, 2.75) is 46.2 Å². The van der Waals surface area contributed by atoms with E-state index in [9.17, 15) is 4.79 Å². The van der Waals surface area contributed by atoms with Gasteiger partial charge in [-0.15, -0.1) is 0 Å². The molecule has 18 heavy (non-hydrogen) atoms. The molecule has 0 saturated heterocycles. The van der Waals surface area contributed by atoms with Crippen LogP contribution < -0.4 is 0 Å². The molecule has 2 heterocycles. The first-order chi connectivity index (χ1) is 8.41. The van der Waals surface area contributed by atoms with Crippen LogP contribution >= 0.6 is 0 Å². The lowest BCUT2D eigenvalue weighted by molar-refractivity contribution is -0.126. The highest BCUT2D eigenvalue weighted by molar-refractivity contribution is 5.93. The summed E-state index contributed by atoms with van der Waals surface area (Å²) in [6, 6.07) is 2.10. The molecule has 2 rings (SSSR count). The van der Waals surface area contributed by atoms with Crippen LogP contribution in [0.3, 0.4) is 0 Å². The highest BCUT2D eigenvalue weighted by atomic mass is 16.2. The molecule has 0 spiro atoms. The van der Waals surface area contributed by atoms with Crippen molar-refractivity contribution in [2.75, 3.05) is 6.54 Å². The number of aromatic nitrogens is 2. The van der Waals surface area contributed by atoms with E-state index in [4.69, 9.17) is 0 Å². The quantitative estimate of drug-likeness (QED) is 0.650. The third-order valence-electron chi connectivity index (χ3n) is 3.09. The van der Waals surface area contributed by atoms with Crippen molar-refractivity contribution >= 4 is 5.91 Å². The summed E-state index contributed by atoms with van der Waals surface area (Å²) < 4.78 is 2.00. The molecular weight excluding hydrogens is 226 g/mol. The highest BCUT2D eigenvalue weighted by Crippen LogP contribution is 2.23. The van der Waals surface area contributed by atoms with Gasteiger partial charge in [0.05, 0.1) is 24.5 Å². The molecule has 0 atom stereocenters. The lowest BCUT2D eigenvalue weighted by Crippen LogP contribution is -2.37. The number of amides is 1. The van der Waals surface area contributed by atoms with Gasteiger partial charge in [-0.3, -0.25) is 9.48 Å². The average molecular weight is 245 g/mol. The second kappa shape index (κ2) is 4.49. The van der Waals surface area contributed by atoms with Gasteiger partial charge in [-0.1, -0.05) is 26.7 Å². The van der Waals surface area contributed by atoms with Crippen LogP contribution in [-0.2, 0) is 23.3 Å². The van der Waals surface area contributed by atoms with E-state index in [1.54, 1.807) is 11.8 Å². The summed E-state index contributed by atoms with van der Waals surface area (Å²) in [6.07, 6.45) is 0. The van der Waals surface area contributed by atoms with Crippen molar-refractivity contribution in [1.82, 2.24) is 14.7 Å². The smallest absolute Gasteiger partial charge is 0.298 e. The molecule has 1 amide bonds. The van der Waals surface area contributed by atoms with Crippen LogP contribution in [0.1, 0.15) is 39.1 Å². The second-order valence-corrected chi connectivity index (χ2v) is 5.60. The number of carbonyl (C=O) groups excluding carboxylic acids is 1. The topological polar surface area (TPSA) is 38.1 Å². The SMILES string of the molecule is CC#CC(=O)N1CCn2nc(C(C)(C)C)cc2C1. The first-order valence-corrected chi connectivity index (χ1v) is 6.20. The van der Waals surface area contributed by atoms with Gasteiger partial charge in [0.25, 0.3) is 5.91 Å². The maximum Gasteiger partial charge on any atom is 0.298 e. The minimum Gasteiger partial charge on any atom is -0.324 e. The van der Waals surface area contributed by atoms with Crippen molar-refractivity contribution in [3.05, 3.63) is 17.5 Å². The van der Waals surface area contributed by atoms with Crippen molar-refractivity contribution in [3.8, 4) is 11.8 Å². The molecule has 4 nitrogen and oxygen atoms in total. The predicted octanol–water partition coefficient (Wildman–Crippen LogP) is 1.55. The minimum atomic E-state index is -0.0951. The van der Waals surface area contributed by atoms with Crippen LogP contribution in [-0.4, -0.2) is 27.1 Å². The Morgan fingerprint density at radius 1 is 1.39 bits per heavy atom. The fourth-order valence-electron chi connectivity index (χ4n) is 1.99. The van der Waals surface area contributed by atoms with E-state index in [1.165, 1.54) is 0 Å². The summed E-state index contributed by atoms with van der Waals surface area (Å²) in [7, 11) is 0. The molecule has 1 aromatic heterocycles. The Kier molecular flexibility index (Phi) is 3.16. The molecule has 0 aliphatic carbocycles. The van der Waals surface area contributed by atoms with Gasteiger partial charge in [0, 0.05) is 12.0 Å². The Labute approximate surface area is 108 Å². The lowest BCUT2D eigenvalue weighted by atomic mass is 9.92. The summed E-state index contributed by atoms with van der Waals surface area (Å²) in [5.74, 6) is 5.15. The van der Waals surface area contributed by atoms with Gasteiger partial charge in [0.15, 0.2) is 0 Å². The fourth-order valence-corrected chi connectivity index (χ4v) is 1.99. The van der Waals surface area contributed by atoms with Crippen molar-refractivity contribution in [3.63, 3.8) is 0 Å². The largest absolute Gasteiger partial charge is 0.324 e. The van der Waals surface area contributed by atoms with E-state index in [-0.39, 0.29) is 11.3 Å². The molecule has 0 aromatic carbocycles. The van der Waals surface area contributed by atoms with Crippen molar-refractivity contribution < 1.29 is 4.79 Å². The van der Waals surface area contributed by atoms with Crippen LogP contribution in [0.2, 0.25) is 0 Å². The van der Waals surface area contributed by atoms with E-state index < -0.39 is 0 Å². The van der Waals surface area contributed by atoms with Crippen LogP contribution in [0.5, 0.6) is 0 Å². The van der Waals surface area contributed by atoms with E-state index in [2.05, 4.69) is 43.8 Å². The standard InChI is InChI=1S/C14H19N3O/c1-5-6-13(18)16-7-8-17-11(10-16)9-12(15-17)14(2,3)4/h9H,7-8,10H2,1-4H3. The number of rotatable bonds is 0. The second-order valence-electron chi connectivity index (χ2n) is 5.60. The molecule has 1 aromatic rings. The lowest BCUT2D eigenvalue weighted by Gasteiger charge is -2.25. The third kappa shape index (κ3) is 2.40. The van der Waals surface area contributed by atoms with Crippen molar-refractivity contribution in [1.29, 1.82) is 0 Å². The zero-order chi connectivity index (χ0) is 13.3. The highest BCUT2D eigenvalue weighted by Gasteiger charge is 2.25. The van der Waals surface area contributed by atoms with Gasteiger partial charge in [-0.05, 0) is 18.9 Å². The van der Waals surface area contributed by atoms with Gasteiger partial charge in [-0.2, -0.15) is 5.10 Å². The number of hydrogen-bond acceptors (Lipinski definition) is 2. The van der Waals surface area contributed by atoms with E-state index in [0.29, 0.717) is 13.1 Å². The predicted molar refractivity (Wildman–Crippen MR) is 69.8 cm³/mol. The van der Waals surface area contributed by atoms with E-state index in [1.807, 2.05) is 4.68 Å². The normalized spacial score (nSPS) is 14.8. The molecule has 1 aliphatic rings. The fraction of sp³-hybridized carbons (Fsp3) is 0.571. The van der Waals surface area contributed by atoms with Gasteiger partial charge in [0.2, 0.25) is 0 Å². The molecule has 4 heteroatoms. The first-order valence-electron chi connectivity index (χ1n) is 6.20. The van der Waals surface area contributed by atoms with Gasteiger partial charge in [-0.25, -0.2) is 0 Å². The first kappa shape index (κ1) is 12.7. The van der Waals surface area contributed by atoms with Gasteiger partial charge in [0.1, 0.15) is 0 Å². The van der Waals surface area contributed by atoms with Gasteiger partial charge >= 0.3 is 0 Å². The van der Waals surface area contributed by atoms with Crippen LogP contribution in [0.15, 0.2) is 6.07 Å². The average Bonchev–Trinajstić information content (AvgIpc) is 2.71. The van der Waals surface area contributed by atoms with Crippen LogP contribution in [0.25, 0.3) is 0 Å². The third-order valence-corrected chi connectivity index (χ3v) is 3.09. The van der Waals surface area contributed by atoms with E-state index >= 15 is 0 Å². The van der Waals surface area contributed by atoms with Crippen LogP contribution in [0.4, 0.5) is 0 Å². The Balaban J connectivity index is 2.21. The molecule has 0 radical (unpaired) electrons. The zero-order valence-corrected chi connectivity index (χ0v) is 11.4. The number of hydrogen-bond donors (Lipinski definition) is 0. The molecule has 1 aliphatic heterocycles. The number of carbonyl (C=O) groups is 1. The molecule has 96 valence electrons. The maximum absolute atomic E-state index is 11.7. The molecule has 0 unspecified atom stereocenters. The summed E-state index contributed by atoms with van der Waals surface area (Å²) in [4.78, 5) is 13.5.